The van der Waals surface area contributed by atoms with E-state index < -0.39 is 11.7 Å². The summed E-state index contributed by atoms with van der Waals surface area (Å²) in [5.74, 6) is 0. The number of benzene rings is 3. The molecule has 0 aliphatic carbocycles. The molecule has 0 saturated carbocycles. The van der Waals surface area contributed by atoms with Gasteiger partial charge in [-0.2, -0.15) is 13.2 Å². The van der Waals surface area contributed by atoms with E-state index >= 15 is 0 Å². The van der Waals surface area contributed by atoms with Gasteiger partial charge in [0.05, 0.1) is 11.3 Å². The van der Waals surface area contributed by atoms with Gasteiger partial charge in [-0.25, -0.2) is 0 Å². The summed E-state index contributed by atoms with van der Waals surface area (Å²) >= 11 is 1.52. The molecule has 0 heterocycles. The first-order valence-electron chi connectivity index (χ1n) is 7.56. The molecule has 3 aromatic rings. The molecule has 126 valence electrons. The molecule has 0 unspecified atom stereocenters. The third kappa shape index (κ3) is 4.51. The van der Waals surface area contributed by atoms with Gasteiger partial charge >= 0.3 is 6.18 Å². The van der Waals surface area contributed by atoms with Crippen molar-refractivity contribution in [3.8, 4) is 0 Å². The zero-order chi connectivity index (χ0) is 17.7. The second kappa shape index (κ2) is 7.57. The van der Waals surface area contributed by atoms with Crippen molar-refractivity contribution >= 4 is 23.7 Å². The Bertz CT molecular complexity index is 873. The SMILES string of the molecule is FC(F)(F)c1ccccc1C=Nc1ccccc1Sc1ccccc1. The van der Waals surface area contributed by atoms with Gasteiger partial charge in [0, 0.05) is 21.6 Å². The summed E-state index contributed by atoms with van der Waals surface area (Å²) in [5.41, 5.74) is -0.00483. The van der Waals surface area contributed by atoms with Crippen LogP contribution in [0.25, 0.3) is 0 Å². The molecule has 0 atom stereocenters. The zero-order valence-corrected chi connectivity index (χ0v) is 13.9. The molecular formula is C20H14F3NS. The monoisotopic (exact) mass is 357 g/mol. The van der Waals surface area contributed by atoms with Crippen molar-refractivity contribution in [1.29, 1.82) is 0 Å². The molecule has 0 amide bonds. The summed E-state index contributed by atoms with van der Waals surface area (Å²) in [5, 5.41) is 0. The number of para-hydroxylation sites is 1. The number of hydrogen-bond donors (Lipinski definition) is 0. The van der Waals surface area contributed by atoms with Gasteiger partial charge in [-0.1, -0.05) is 60.3 Å². The number of rotatable bonds is 4. The number of halogens is 3. The van der Waals surface area contributed by atoms with Crippen molar-refractivity contribution in [3.63, 3.8) is 0 Å². The maximum absolute atomic E-state index is 13.1. The summed E-state index contributed by atoms with van der Waals surface area (Å²) in [6.07, 6.45) is -3.13. The molecule has 5 heteroatoms. The lowest BCUT2D eigenvalue weighted by molar-refractivity contribution is -0.137. The summed E-state index contributed by atoms with van der Waals surface area (Å²) in [7, 11) is 0. The highest BCUT2D eigenvalue weighted by Crippen LogP contribution is 2.35. The molecule has 0 saturated heterocycles. The molecule has 0 radical (unpaired) electrons. The Balaban J connectivity index is 1.91. The van der Waals surface area contributed by atoms with Gasteiger partial charge in [-0.3, -0.25) is 4.99 Å². The maximum Gasteiger partial charge on any atom is 0.417 e. The summed E-state index contributed by atoms with van der Waals surface area (Å²) in [6.45, 7) is 0. The topological polar surface area (TPSA) is 12.4 Å². The van der Waals surface area contributed by atoms with Crippen LogP contribution < -0.4 is 0 Å². The smallest absolute Gasteiger partial charge is 0.255 e. The van der Waals surface area contributed by atoms with Crippen molar-refractivity contribution in [2.24, 2.45) is 4.99 Å². The van der Waals surface area contributed by atoms with Gasteiger partial charge in [-0.15, -0.1) is 0 Å². The first kappa shape index (κ1) is 17.3. The number of aliphatic imine (C=N–C) groups is 1. The molecule has 0 aliphatic rings. The van der Waals surface area contributed by atoms with Gasteiger partial charge in [0.1, 0.15) is 0 Å². The average Bonchev–Trinajstić information content (AvgIpc) is 2.61. The summed E-state index contributed by atoms with van der Waals surface area (Å²) in [4.78, 5) is 6.23. The van der Waals surface area contributed by atoms with Gasteiger partial charge in [0.2, 0.25) is 0 Å². The largest absolute Gasteiger partial charge is 0.417 e. The van der Waals surface area contributed by atoms with Gasteiger partial charge in [0.25, 0.3) is 0 Å². The van der Waals surface area contributed by atoms with E-state index in [1.54, 1.807) is 12.1 Å². The molecule has 0 spiro atoms. The molecule has 0 aromatic heterocycles. The Morgan fingerprint density at radius 3 is 2.16 bits per heavy atom. The minimum absolute atomic E-state index is 0.0505. The average molecular weight is 357 g/mol. The Morgan fingerprint density at radius 1 is 0.760 bits per heavy atom. The van der Waals surface area contributed by atoms with E-state index in [2.05, 4.69) is 4.99 Å². The Labute approximate surface area is 148 Å². The molecule has 1 nitrogen and oxygen atoms in total. The van der Waals surface area contributed by atoms with Crippen LogP contribution in [0.15, 0.2) is 93.6 Å². The predicted molar refractivity (Wildman–Crippen MR) is 95.7 cm³/mol. The highest BCUT2D eigenvalue weighted by Gasteiger charge is 2.32. The van der Waals surface area contributed by atoms with Crippen LogP contribution in [0.2, 0.25) is 0 Å². The second-order valence-electron chi connectivity index (χ2n) is 5.23. The number of nitrogens with zero attached hydrogens (tertiary/aromatic N) is 1. The lowest BCUT2D eigenvalue weighted by Crippen LogP contribution is -2.08. The molecular weight excluding hydrogens is 343 g/mol. The fraction of sp³-hybridized carbons (Fsp3) is 0.0500. The first-order valence-corrected chi connectivity index (χ1v) is 8.38. The second-order valence-corrected chi connectivity index (χ2v) is 6.34. The normalized spacial score (nSPS) is 11.8. The highest BCUT2D eigenvalue weighted by atomic mass is 32.2. The quantitative estimate of drug-likeness (QED) is 0.479. The molecule has 3 aromatic carbocycles. The van der Waals surface area contributed by atoms with E-state index in [-0.39, 0.29) is 5.56 Å². The van der Waals surface area contributed by atoms with Gasteiger partial charge in [0.15, 0.2) is 0 Å². The zero-order valence-electron chi connectivity index (χ0n) is 13.1. The fourth-order valence-corrected chi connectivity index (χ4v) is 3.19. The standard InChI is InChI=1S/C20H14F3NS/c21-20(22,23)17-11-5-4-8-15(17)14-24-18-12-6-7-13-19(18)25-16-9-2-1-3-10-16/h1-14H. The maximum atomic E-state index is 13.1. The predicted octanol–water partition coefficient (Wildman–Crippen LogP) is 6.61. The van der Waals surface area contributed by atoms with E-state index in [4.69, 9.17) is 0 Å². The van der Waals surface area contributed by atoms with E-state index in [0.29, 0.717) is 5.69 Å². The summed E-state index contributed by atoms with van der Waals surface area (Å²) < 4.78 is 39.2. The Hall–Kier alpha value is -2.53. The molecule has 0 bridgehead atoms. The number of hydrogen-bond acceptors (Lipinski definition) is 2. The summed E-state index contributed by atoms with van der Waals surface area (Å²) in [6, 6.07) is 22.6. The van der Waals surface area contributed by atoms with Crippen molar-refractivity contribution in [3.05, 3.63) is 90.0 Å². The fourth-order valence-electron chi connectivity index (χ4n) is 2.27. The van der Waals surface area contributed by atoms with Crippen molar-refractivity contribution < 1.29 is 13.2 Å². The van der Waals surface area contributed by atoms with E-state index in [0.717, 1.165) is 15.9 Å². The first-order chi connectivity index (χ1) is 12.0. The third-order valence-electron chi connectivity index (χ3n) is 3.45. The minimum atomic E-state index is -4.40. The van der Waals surface area contributed by atoms with Crippen molar-refractivity contribution in [2.45, 2.75) is 16.0 Å². The van der Waals surface area contributed by atoms with Crippen molar-refractivity contribution in [2.75, 3.05) is 0 Å². The highest BCUT2D eigenvalue weighted by molar-refractivity contribution is 7.99. The van der Waals surface area contributed by atoms with Gasteiger partial charge < -0.3 is 0 Å². The van der Waals surface area contributed by atoms with Crippen LogP contribution in [0.1, 0.15) is 11.1 Å². The molecule has 25 heavy (non-hydrogen) atoms. The third-order valence-corrected chi connectivity index (χ3v) is 4.52. The lowest BCUT2D eigenvalue weighted by atomic mass is 10.1. The van der Waals surface area contributed by atoms with Crippen LogP contribution >= 0.6 is 11.8 Å². The van der Waals surface area contributed by atoms with Crippen LogP contribution in [-0.2, 0) is 6.18 Å². The molecule has 0 aliphatic heterocycles. The van der Waals surface area contributed by atoms with E-state index in [1.807, 2.05) is 48.5 Å². The molecule has 0 fully saturated rings. The van der Waals surface area contributed by atoms with Crippen molar-refractivity contribution in [1.82, 2.24) is 0 Å². The molecule has 3 rings (SSSR count). The van der Waals surface area contributed by atoms with Crippen LogP contribution in [0, 0.1) is 0 Å². The minimum Gasteiger partial charge on any atom is -0.255 e. The van der Waals surface area contributed by atoms with Crippen LogP contribution in [0.3, 0.4) is 0 Å². The van der Waals surface area contributed by atoms with Crippen LogP contribution in [0.5, 0.6) is 0 Å². The Kier molecular flexibility index (Phi) is 5.24. The van der Waals surface area contributed by atoms with E-state index in [1.165, 1.54) is 30.1 Å². The lowest BCUT2D eigenvalue weighted by Gasteiger charge is -2.09. The molecule has 0 N–H and O–H groups in total. The number of alkyl halides is 3. The Morgan fingerprint density at radius 2 is 1.40 bits per heavy atom. The van der Waals surface area contributed by atoms with Crippen LogP contribution in [0.4, 0.5) is 18.9 Å². The van der Waals surface area contributed by atoms with Gasteiger partial charge in [-0.05, 0) is 30.3 Å². The van der Waals surface area contributed by atoms with Crippen LogP contribution in [-0.4, -0.2) is 6.21 Å². The van der Waals surface area contributed by atoms with E-state index in [9.17, 15) is 13.2 Å².